The van der Waals surface area contributed by atoms with Gasteiger partial charge in [0.15, 0.2) is 0 Å². The van der Waals surface area contributed by atoms with Crippen molar-refractivity contribution in [2.24, 2.45) is 0 Å². The fourth-order valence-electron chi connectivity index (χ4n) is 7.37. The van der Waals surface area contributed by atoms with Crippen molar-refractivity contribution >= 4 is 18.0 Å². The van der Waals surface area contributed by atoms with Crippen LogP contribution in [0.25, 0.3) is 11.1 Å². The second-order valence-corrected chi connectivity index (χ2v) is 13.3. The van der Waals surface area contributed by atoms with Crippen molar-refractivity contribution in [1.29, 1.82) is 10.7 Å². The zero-order valence-corrected chi connectivity index (χ0v) is 28.8. The first-order chi connectivity index (χ1) is 24.6. The molecule has 3 atom stereocenters. The van der Waals surface area contributed by atoms with Gasteiger partial charge in [0.25, 0.3) is 5.88 Å². The number of benzene rings is 1. The third-order valence-electron chi connectivity index (χ3n) is 9.78. The SMILES string of the molecule is C[C@@H](CNC=N)Oc1cc(-c2cnc(Nc3cn([C@H]4CC[C@H](N5C6CCC[C@@H]5COC6)CC4)nc3OCCCOCCO)nc2)ccc1C#N. The molecule has 0 amide bonds. The summed E-state index contributed by atoms with van der Waals surface area (Å²) in [6.45, 7) is 5.27. The van der Waals surface area contributed by atoms with Crippen LogP contribution in [0.1, 0.15) is 69.9 Å². The quantitative estimate of drug-likeness (QED) is 0.0894. The van der Waals surface area contributed by atoms with Crippen molar-refractivity contribution in [3.63, 3.8) is 0 Å². The third kappa shape index (κ3) is 8.89. The molecule has 2 aromatic heterocycles. The maximum atomic E-state index is 9.60. The second-order valence-electron chi connectivity index (χ2n) is 13.3. The van der Waals surface area contributed by atoms with Crippen molar-refractivity contribution in [2.75, 3.05) is 51.5 Å². The summed E-state index contributed by atoms with van der Waals surface area (Å²) in [7, 11) is 0. The van der Waals surface area contributed by atoms with E-state index in [1.165, 1.54) is 19.3 Å². The lowest BCUT2D eigenvalue weighted by Crippen LogP contribution is -2.59. The Kier molecular flexibility index (Phi) is 12.5. The zero-order valence-electron chi connectivity index (χ0n) is 28.8. The summed E-state index contributed by atoms with van der Waals surface area (Å²) in [6, 6.07) is 9.57. The van der Waals surface area contributed by atoms with Crippen molar-refractivity contribution in [3.8, 4) is 28.8 Å². The van der Waals surface area contributed by atoms with Crippen LogP contribution in [0.4, 0.5) is 11.6 Å². The highest BCUT2D eigenvalue weighted by molar-refractivity contribution is 5.67. The number of piperidine rings is 1. The molecule has 4 N–H and O–H groups in total. The van der Waals surface area contributed by atoms with Gasteiger partial charge in [-0.2, -0.15) is 5.26 Å². The molecule has 3 aliphatic rings. The highest BCUT2D eigenvalue weighted by Gasteiger charge is 2.40. The molecular weight excluding hydrogens is 638 g/mol. The Labute approximate surface area is 293 Å². The van der Waals surface area contributed by atoms with Crippen LogP contribution >= 0.6 is 0 Å². The number of morpholine rings is 1. The van der Waals surface area contributed by atoms with E-state index in [9.17, 15) is 5.26 Å². The van der Waals surface area contributed by atoms with E-state index in [0.717, 1.165) is 56.4 Å². The van der Waals surface area contributed by atoms with E-state index in [-0.39, 0.29) is 18.8 Å². The summed E-state index contributed by atoms with van der Waals surface area (Å²) in [6.07, 6.45) is 15.2. The summed E-state index contributed by atoms with van der Waals surface area (Å²) in [5.74, 6) is 1.36. The van der Waals surface area contributed by atoms with Gasteiger partial charge in [-0.1, -0.05) is 12.5 Å². The Morgan fingerprint density at radius 1 is 1.04 bits per heavy atom. The molecule has 1 aliphatic carbocycles. The van der Waals surface area contributed by atoms with Gasteiger partial charge in [-0.15, -0.1) is 5.10 Å². The van der Waals surface area contributed by atoms with Crippen LogP contribution in [0.5, 0.6) is 11.6 Å². The number of rotatable bonds is 17. The summed E-state index contributed by atoms with van der Waals surface area (Å²) in [4.78, 5) is 12.0. The molecule has 3 fully saturated rings. The minimum atomic E-state index is -0.244. The van der Waals surface area contributed by atoms with Crippen LogP contribution in [0.2, 0.25) is 0 Å². The van der Waals surface area contributed by atoms with E-state index in [2.05, 4.69) is 31.6 Å². The summed E-state index contributed by atoms with van der Waals surface area (Å²) < 4.78 is 25.5. The predicted molar refractivity (Wildman–Crippen MR) is 188 cm³/mol. The maximum absolute atomic E-state index is 9.60. The third-order valence-corrected chi connectivity index (χ3v) is 9.78. The number of nitrogens with zero attached hydrogens (tertiary/aromatic N) is 6. The molecule has 2 aliphatic heterocycles. The number of ether oxygens (including phenoxy) is 4. The van der Waals surface area contributed by atoms with Gasteiger partial charge in [0.1, 0.15) is 23.6 Å². The van der Waals surface area contributed by atoms with Crippen LogP contribution in [0.3, 0.4) is 0 Å². The Bertz CT molecular complexity index is 1550. The Morgan fingerprint density at radius 3 is 2.52 bits per heavy atom. The lowest BCUT2D eigenvalue weighted by Gasteiger charge is -2.51. The first-order valence-corrected chi connectivity index (χ1v) is 17.8. The molecule has 0 spiro atoms. The molecule has 6 rings (SSSR count). The number of aliphatic hydroxyl groups is 1. The highest BCUT2D eigenvalue weighted by Crippen LogP contribution is 2.39. The number of aromatic nitrogens is 4. The van der Waals surface area contributed by atoms with Gasteiger partial charge in [-0.25, -0.2) is 9.97 Å². The van der Waals surface area contributed by atoms with Crippen molar-refractivity contribution in [1.82, 2.24) is 30.0 Å². The normalized spacial score (nSPS) is 22.7. The smallest absolute Gasteiger partial charge is 0.256 e. The number of nitriles is 1. The lowest BCUT2D eigenvalue weighted by molar-refractivity contribution is -0.100. The molecule has 268 valence electrons. The Hall–Kier alpha value is -4.29. The molecule has 1 aromatic carbocycles. The molecule has 1 unspecified atom stereocenters. The molecule has 3 aromatic rings. The predicted octanol–water partition coefficient (Wildman–Crippen LogP) is 4.43. The van der Waals surface area contributed by atoms with Gasteiger partial charge in [-0.3, -0.25) is 15.0 Å². The van der Waals surface area contributed by atoms with E-state index in [4.69, 9.17) is 34.6 Å². The number of fused-ring (bicyclic) bond motifs is 2. The highest BCUT2D eigenvalue weighted by atomic mass is 16.5. The minimum absolute atomic E-state index is 0.00343. The Morgan fingerprint density at radius 2 is 1.80 bits per heavy atom. The Balaban J connectivity index is 1.13. The van der Waals surface area contributed by atoms with Gasteiger partial charge in [-0.05, 0) is 63.1 Å². The van der Waals surface area contributed by atoms with Crippen LogP contribution < -0.4 is 20.1 Å². The largest absolute Gasteiger partial charge is 0.487 e. The molecule has 2 saturated heterocycles. The van der Waals surface area contributed by atoms with Gasteiger partial charge in [0.2, 0.25) is 5.95 Å². The topological polar surface area (TPSA) is 176 Å². The summed E-state index contributed by atoms with van der Waals surface area (Å²) in [5, 5.41) is 36.8. The van der Waals surface area contributed by atoms with E-state index >= 15 is 0 Å². The van der Waals surface area contributed by atoms with Gasteiger partial charge >= 0.3 is 0 Å². The van der Waals surface area contributed by atoms with Crippen LogP contribution in [0, 0.1) is 16.7 Å². The number of hydrogen-bond donors (Lipinski definition) is 4. The second kappa shape index (κ2) is 17.6. The molecular formula is C36H49N9O5. The number of aliphatic hydroxyl groups excluding tert-OH is 1. The summed E-state index contributed by atoms with van der Waals surface area (Å²) >= 11 is 0. The number of anilines is 2. The fourth-order valence-corrected chi connectivity index (χ4v) is 7.37. The van der Waals surface area contributed by atoms with Crippen LogP contribution in [-0.2, 0) is 9.47 Å². The monoisotopic (exact) mass is 687 g/mol. The van der Waals surface area contributed by atoms with Gasteiger partial charge in [0, 0.05) is 49.1 Å². The van der Waals surface area contributed by atoms with E-state index in [1.54, 1.807) is 18.5 Å². The first kappa shape index (κ1) is 35.5. The molecule has 2 bridgehead atoms. The minimum Gasteiger partial charge on any atom is -0.487 e. The maximum Gasteiger partial charge on any atom is 0.256 e. The van der Waals surface area contributed by atoms with E-state index in [0.29, 0.717) is 79.7 Å². The van der Waals surface area contributed by atoms with Crippen LogP contribution in [-0.4, -0.2) is 107 Å². The lowest BCUT2D eigenvalue weighted by atomic mass is 9.85. The molecule has 1 saturated carbocycles. The molecule has 14 heteroatoms. The summed E-state index contributed by atoms with van der Waals surface area (Å²) in [5.41, 5.74) is 2.71. The average molecular weight is 688 g/mol. The molecule has 50 heavy (non-hydrogen) atoms. The number of nitrogens with one attached hydrogen (secondary N) is 3. The molecule has 14 nitrogen and oxygen atoms in total. The van der Waals surface area contributed by atoms with Gasteiger partial charge in [0.05, 0.1) is 63.7 Å². The molecule has 4 heterocycles. The van der Waals surface area contributed by atoms with Gasteiger partial charge < -0.3 is 34.7 Å². The van der Waals surface area contributed by atoms with Crippen molar-refractivity contribution < 1.29 is 24.1 Å². The average Bonchev–Trinajstić information content (AvgIpc) is 3.54. The first-order valence-electron chi connectivity index (χ1n) is 17.8. The fraction of sp³-hybridized carbons (Fsp3) is 0.583. The van der Waals surface area contributed by atoms with E-state index < -0.39 is 0 Å². The van der Waals surface area contributed by atoms with Crippen molar-refractivity contribution in [2.45, 2.75) is 88.6 Å². The zero-order chi connectivity index (χ0) is 34.7. The van der Waals surface area contributed by atoms with E-state index in [1.807, 2.05) is 29.9 Å². The molecule has 0 radical (unpaired) electrons. The van der Waals surface area contributed by atoms with Crippen LogP contribution in [0.15, 0.2) is 36.8 Å². The number of hydrogen-bond acceptors (Lipinski definition) is 12. The standard InChI is InChI=1S/C36H49N9O5/c1-25(18-39-24-38)50-34-16-26(6-7-27(34)17-37)28-19-40-36(41-20-28)42-33-21-44(43-35(33)49-14-3-13-47-15-12-46)29-8-10-30(11-9-29)45-31-4-2-5-32(45)23-48-22-31/h6-7,16,19-21,24-25,29-32,46H,2-5,8-15,18,22-23H2,1H3,(H2,38,39)(H,40,41,42)/t25-,29-,30-,31+,32?/m0/s1. The van der Waals surface area contributed by atoms with Crippen molar-refractivity contribution in [3.05, 3.63) is 42.4 Å².